The van der Waals surface area contributed by atoms with Crippen LogP contribution < -0.4 is 9.62 Å². The van der Waals surface area contributed by atoms with Gasteiger partial charge in [-0.15, -0.1) is 0 Å². The number of aromatic hydroxyl groups is 1. The molecule has 0 atom stereocenters. The number of phenolic OH excluding ortho intramolecular Hbond substituents is 1. The SMILES string of the molecule is COC(=O)c1cc(N(Cc2ccc(C3CCCCC3)cc2)C(=O)CNS(=O)(=O)c2ccc(-c3ccccc3)c(Cc3ccccc3)c2)ccc1O. The Morgan fingerprint density at radius 3 is 2.18 bits per heavy atom. The van der Waals surface area contributed by atoms with Crippen LogP contribution >= 0.6 is 0 Å². The lowest BCUT2D eigenvalue weighted by molar-refractivity contribution is -0.117. The number of anilines is 1. The fraction of sp³-hybridized carbons (Fsp3) is 0.238. The Morgan fingerprint density at radius 2 is 1.49 bits per heavy atom. The Kier molecular flexibility index (Phi) is 11.3. The number of rotatable bonds is 12. The smallest absolute Gasteiger partial charge is 0.341 e. The molecule has 5 aromatic rings. The van der Waals surface area contributed by atoms with Crippen LogP contribution in [0.1, 0.15) is 70.6 Å². The molecule has 9 heteroatoms. The van der Waals surface area contributed by atoms with Crippen LogP contribution in [0.3, 0.4) is 0 Å². The van der Waals surface area contributed by atoms with Gasteiger partial charge in [-0.25, -0.2) is 17.9 Å². The van der Waals surface area contributed by atoms with Gasteiger partial charge in [-0.2, -0.15) is 0 Å². The number of methoxy groups -OCH3 is 1. The van der Waals surface area contributed by atoms with E-state index < -0.39 is 28.4 Å². The Balaban J connectivity index is 1.26. The van der Waals surface area contributed by atoms with E-state index in [2.05, 4.69) is 16.9 Å². The summed E-state index contributed by atoms with van der Waals surface area (Å²) in [5.41, 5.74) is 6.07. The molecule has 1 aliphatic carbocycles. The fourth-order valence-electron chi connectivity index (χ4n) is 6.74. The third-order valence-electron chi connectivity index (χ3n) is 9.52. The molecule has 2 N–H and O–H groups in total. The summed E-state index contributed by atoms with van der Waals surface area (Å²) in [6.07, 6.45) is 6.56. The van der Waals surface area contributed by atoms with Gasteiger partial charge in [0.2, 0.25) is 15.9 Å². The third kappa shape index (κ3) is 8.74. The largest absolute Gasteiger partial charge is 0.507 e. The second-order valence-electron chi connectivity index (χ2n) is 12.9. The lowest BCUT2D eigenvalue weighted by atomic mass is 9.84. The zero-order valence-corrected chi connectivity index (χ0v) is 29.4. The Morgan fingerprint density at radius 1 is 0.804 bits per heavy atom. The highest BCUT2D eigenvalue weighted by molar-refractivity contribution is 7.89. The minimum Gasteiger partial charge on any atom is -0.507 e. The monoisotopic (exact) mass is 702 g/mol. The molecule has 6 rings (SSSR count). The summed E-state index contributed by atoms with van der Waals surface area (Å²) in [6.45, 7) is -0.421. The predicted octanol–water partition coefficient (Wildman–Crippen LogP) is 8.00. The van der Waals surface area contributed by atoms with Gasteiger partial charge in [-0.3, -0.25) is 4.79 Å². The molecule has 0 unspecified atom stereocenters. The number of phenols is 1. The summed E-state index contributed by atoms with van der Waals surface area (Å²) in [7, 11) is -2.91. The molecular formula is C42H42N2O6S. The lowest BCUT2D eigenvalue weighted by Crippen LogP contribution is -2.40. The van der Waals surface area contributed by atoms with Gasteiger partial charge in [-0.1, -0.05) is 110 Å². The molecule has 262 valence electrons. The fourth-order valence-corrected chi connectivity index (χ4v) is 7.76. The number of benzene rings is 5. The van der Waals surface area contributed by atoms with Crippen molar-refractivity contribution in [2.24, 2.45) is 0 Å². The van der Waals surface area contributed by atoms with Gasteiger partial charge in [-0.05, 0) is 88.9 Å². The second kappa shape index (κ2) is 16.2. The van der Waals surface area contributed by atoms with E-state index in [0.29, 0.717) is 18.0 Å². The summed E-state index contributed by atoms with van der Waals surface area (Å²) in [5.74, 6) is -1.07. The summed E-state index contributed by atoms with van der Waals surface area (Å²) in [4.78, 5) is 27.8. The number of esters is 1. The topological polar surface area (TPSA) is 113 Å². The van der Waals surface area contributed by atoms with Crippen molar-refractivity contribution in [3.8, 4) is 16.9 Å². The highest BCUT2D eigenvalue weighted by Crippen LogP contribution is 2.33. The maximum Gasteiger partial charge on any atom is 0.341 e. The molecule has 0 heterocycles. The first kappa shape index (κ1) is 35.6. The van der Waals surface area contributed by atoms with Crippen LogP contribution in [0.5, 0.6) is 5.75 Å². The van der Waals surface area contributed by atoms with Crippen LogP contribution in [0.25, 0.3) is 11.1 Å². The molecule has 8 nitrogen and oxygen atoms in total. The minimum absolute atomic E-state index is 0.0448. The van der Waals surface area contributed by atoms with Crippen molar-refractivity contribution in [1.29, 1.82) is 0 Å². The highest BCUT2D eigenvalue weighted by atomic mass is 32.2. The van der Waals surface area contributed by atoms with Crippen molar-refractivity contribution < 1.29 is 27.9 Å². The zero-order valence-electron chi connectivity index (χ0n) is 28.6. The summed E-state index contributed by atoms with van der Waals surface area (Å²) >= 11 is 0. The first-order chi connectivity index (χ1) is 24.7. The maximum atomic E-state index is 13.9. The number of nitrogens with one attached hydrogen (secondary N) is 1. The quantitative estimate of drug-likeness (QED) is 0.128. The van der Waals surface area contributed by atoms with Gasteiger partial charge in [0.25, 0.3) is 0 Å². The first-order valence-electron chi connectivity index (χ1n) is 17.2. The molecular weight excluding hydrogens is 661 g/mol. The van der Waals surface area contributed by atoms with Crippen molar-refractivity contribution in [2.45, 2.75) is 55.9 Å². The van der Waals surface area contributed by atoms with Gasteiger partial charge in [0.05, 0.1) is 25.1 Å². The van der Waals surface area contributed by atoms with Crippen molar-refractivity contribution in [3.05, 3.63) is 149 Å². The predicted molar refractivity (Wildman–Crippen MR) is 199 cm³/mol. The average Bonchev–Trinajstić information content (AvgIpc) is 3.17. The van der Waals surface area contributed by atoms with Crippen LogP contribution in [-0.4, -0.2) is 39.1 Å². The number of carbonyl (C=O) groups is 2. The molecule has 1 aliphatic rings. The lowest BCUT2D eigenvalue weighted by Gasteiger charge is -2.25. The number of hydrogen-bond donors (Lipinski definition) is 2. The second-order valence-corrected chi connectivity index (χ2v) is 14.7. The van der Waals surface area contributed by atoms with Crippen molar-refractivity contribution >= 4 is 27.6 Å². The number of hydrogen-bond acceptors (Lipinski definition) is 6. The van der Waals surface area contributed by atoms with Gasteiger partial charge in [0.1, 0.15) is 11.3 Å². The normalized spacial score (nSPS) is 13.4. The molecule has 0 saturated heterocycles. The molecule has 1 saturated carbocycles. The molecule has 1 amide bonds. The van der Waals surface area contributed by atoms with E-state index in [-0.39, 0.29) is 22.8 Å². The Bertz CT molecular complexity index is 2080. The summed E-state index contributed by atoms with van der Waals surface area (Å²) in [5, 5.41) is 10.3. The maximum absolute atomic E-state index is 13.9. The van der Waals surface area contributed by atoms with Gasteiger partial charge in [0.15, 0.2) is 0 Å². The van der Waals surface area contributed by atoms with Crippen LogP contribution in [0, 0.1) is 0 Å². The van der Waals surface area contributed by atoms with E-state index in [1.165, 1.54) is 55.0 Å². The highest BCUT2D eigenvalue weighted by Gasteiger charge is 2.24. The van der Waals surface area contributed by atoms with Crippen LogP contribution in [-0.2, 0) is 32.5 Å². The van der Waals surface area contributed by atoms with E-state index in [1.807, 2.05) is 72.8 Å². The molecule has 0 radical (unpaired) electrons. The van der Waals surface area contributed by atoms with Gasteiger partial charge >= 0.3 is 5.97 Å². The number of carbonyl (C=O) groups excluding carboxylic acids is 2. The van der Waals surface area contributed by atoms with Crippen molar-refractivity contribution in [3.63, 3.8) is 0 Å². The van der Waals surface area contributed by atoms with E-state index in [0.717, 1.165) is 40.7 Å². The van der Waals surface area contributed by atoms with Crippen LogP contribution in [0.4, 0.5) is 5.69 Å². The molecule has 0 aromatic heterocycles. The van der Waals surface area contributed by atoms with Crippen LogP contribution in [0.15, 0.2) is 126 Å². The van der Waals surface area contributed by atoms with E-state index in [9.17, 15) is 23.1 Å². The van der Waals surface area contributed by atoms with Crippen LogP contribution in [0.2, 0.25) is 0 Å². The van der Waals surface area contributed by atoms with Gasteiger partial charge < -0.3 is 14.7 Å². The standard InChI is InChI=1S/C42H42N2O6S/c1-50-42(47)39-27-36(21-24-40(39)45)44(29-31-17-19-33(20-18-31)32-13-7-3-8-14-32)41(46)28-43-51(48,49)37-22-23-38(34-15-9-4-10-16-34)35(26-37)25-30-11-5-2-6-12-30/h2,4-6,9-12,15-24,26-27,32,43,45H,3,7-8,13-14,25,28-29H2,1H3. The average molecular weight is 703 g/mol. The summed E-state index contributed by atoms with van der Waals surface area (Å²) in [6, 6.07) is 37.0. The molecule has 0 spiro atoms. The molecule has 5 aromatic carbocycles. The number of ether oxygens (including phenoxy) is 1. The van der Waals surface area contributed by atoms with Crippen molar-refractivity contribution in [2.75, 3.05) is 18.6 Å². The Hall–Kier alpha value is -5.25. The molecule has 0 aliphatic heterocycles. The van der Waals surface area contributed by atoms with E-state index in [4.69, 9.17) is 4.74 Å². The van der Waals surface area contributed by atoms with Crippen molar-refractivity contribution in [1.82, 2.24) is 4.72 Å². The Labute approximate surface area is 299 Å². The summed E-state index contributed by atoms with van der Waals surface area (Å²) < 4.78 is 34.8. The molecule has 0 bridgehead atoms. The molecule has 1 fully saturated rings. The number of amides is 1. The number of sulfonamides is 1. The van der Waals surface area contributed by atoms with E-state index in [1.54, 1.807) is 18.2 Å². The zero-order chi connectivity index (χ0) is 35.8. The minimum atomic E-state index is -4.12. The third-order valence-corrected chi connectivity index (χ3v) is 10.9. The molecule has 51 heavy (non-hydrogen) atoms. The van der Waals surface area contributed by atoms with E-state index >= 15 is 0 Å². The first-order valence-corrected chi connectivity index (χ1v) is 18.7. The van der Waals surface area contributed by atoms with Gasteiger partial charge in [0, 0.05) is 5.69 Å². The number of nitrogens with zero attached hydrogens (tertiary/aromatic N) is 1.